The normalized spacial score (nSPS) is 15.0. The predicted octanol–water partition coefficient (Wildman–Crippen LogP) is 3.83. The Morgan fingerprint density at radius 3 is 2.78 bits per heavy atom. The fraction of sp³-hybridized carbons (Fsp3) is 0.462. The maximum absolute atomic E-state index is 10.5. The lowest BCUT2D eigenvalue weighted by molar-refractivity contribution is 0.566. The first-order valence-corrected chi connectivity index (χ1v) is 6.36. The van der Waals surface area contributed by atoms with Crippen LogP contribution in [0.5, 0.6) is 0 Å². The van der Waals surface area contributed by atoms with Gasteiger partial charge in [-0.25, -0.2) is 4.98 Å². The van der Waals surface area contributed by atoms with E-state index in [-0.39, 0.29) is 5.92 Å². The molecule has 0 saturated heterocycles. The molecule has 98 valence electrons. The molecular formula is C13H18ClN3O. The molecule has 0 radical (unpaired) electrons. The van der Waals surface area contributed by atoms with Gasteiger partial charge in [0.1, 0.15) is 5.15 Å². The first-order valence-electron chi connectivity index (χ1n) is 5.99. The fourth-order valence-corrected chi connectivity index (χ4v) is 1.65. The van der Waals surface area contributed by atoms with Crippen LogP contribution in [0, 0.1) is 4.91 Å². The largest absolute Gasteiger partial charge is 0.384 e. The van der Waals surface area contributed by atoms with Crippen LogP contribution < -0.4 is 5.32 Å². The van der Waals surface area contributed by atoms with E-state index in [4.69, 9.17) is 11.6 Å². The van der Waals surface area contributed by atoms with Gasteiger partial charge in [-0.05, 0) is 30.2 Å². The number of rotatable bonds is 6. The molecule has 0 amide bonds. The van der Waals surface area contributed by atoms with Crippen LogP contribution in [0.25, 0.3) is 0 Å². The molecule has 0 aliphatic heterocycles. The Kier molecular flexibility index (Phi) is 5.78. The van der Waals surface area contributed by atoms with Crippen molar-refractivity contribution in [3.05, 3.63) is 45.9 Å². The van der Waals surface area contributed by atoms with Crippen LogP contribution >= 0.6 is 11.6 Å². The Labute approximate surface area is 112 Å². The molecule has 1 aromatic rings. The Morgan fingerprint density at radius 2 is 2.28 bits per heavy atom. The van der Waals surface area contributed by atoms with E-state index in [1.807, 2.05) is 13.0 Å². The molecule has 0 spiro atoms. The van der Waals surface area contributed by atoms with Crippen molar-refractivity contribution in [2.24, 2.45) is 5.18 Å². The second-order valence-electron chi connectivity index (χ2n) is 4.28. The summed E-state index contributed by atoms with van der Waals surface area (Å²) in [6.07, 6.45) is 4.01. The predicted molar refractivity (Wildman–Crippen MR) is 74.4 cm³/mol. The van der Waals surface area contributed by atoms with Crippen LogP contribution in [0.1, 0.15) is 38.7 Å². The molecule has 1 rings (SSSR count). The fourth-order valence-electron chi connectivity index (χ4n) is 1.54. The van der Waals surface area contributed by atoms with Crippen LogP contribution in [0.15, 0.2) is 35.4 Å². The zero-order valence-electron chi connectivity index (χ0n) is 10.9. The van der Waals surface area contributed by atoms with Crippen molar-refractivity contribution < 1.29 is 0 Å². The van der Waals surface area contributed by atoms with Gasteiger partial charge >= 0.3 is 0 Å². The summed E-state index contributed by atoms with van der Waals surface area (Å²) >= 11 is 5.75. The summed E-state index contributed by atoms with van der Waals surface area (Å²) in [5, 5.41) is 6.61. The summed E-state index contributed by atoms with van der Waals surface area (Å²) in [7, 11) is 0. The summed E-state index contributed by atoms with van der Waals surface area (Å²) in [4.78, 5) is 14.5. The van der Waals surface area contributed by atoms with Gasteiger partial charge in [0.25, 0.3) is 0 Å². The SMILES string of the molecule is CCC(C)N/C(=C\N=O)C(C)c1ccc(Cl)nc1. The van der Waals surface area contributed by atoms with Gasteiger partial charge in [0.2, 0.25) is 0 Å². The van der Waals surface area contributed by atoms with Crippen molar-refractivity contribution in [2.75, 3.05) is 0 Å². The average molecular weight is 268 g/mol. The molecule has 4 nitrogen and oxygen atoms in total. The zero-order chi connectivity index (χ0) is 13.5. The van der Waals surface area contributed by atoms with Gasteiger partial charge in [-0.1, -0.05) is 31.5 Å². The van der Waals surface area contributed by atoms with Gasteiger partial charge in [0.15, 0.2) is 0 Å². The van der Waals surface area contributed by atoms with Crippen molar-refractivity contribution in [2.45, 2.75) is 39.2 Å². The summed E-state index contributed by atoms with van der Waals surface area (Å²) < 4.78 is 0. The Balaban J connectivity index is 2.89. The summed E-state index contributed by atoms with van der Waals surface area (Å²) in [6.45, 7) is 6.14. The van der Waals surface area contributed by atoms with E-state index in [2.05, 4.69) is 29.3 Å². The van der Waals surface area contributed by atoms with E-state index in [0.29, 0.717) is 11.2 Å². The van der Waals surface area contributed by atoms with E-state index >= 15 is 0 Å². The van der Waals surface area contributed by atoms with Crippen LogP contribution in [0.4, 0.5) is 0 Å². The highest BCUT2D eigenvalue weighted by atomic mass is 35.5. The number of hydrogen-bond donors (Lipinski definition) is 1. The maximum Gasteiger partial charge on any atom is 0.129 e. The van der Waals surface area contributed by atoms with Crippen molar-refractivity contribution in [1.82, 2.24) is 10.3 Å². The van der Waals surface area contributed by atoms with Gasteiger partial charge in [-0.15, -0.1) is 4.91 Å². The van der Waals surface area contributed by atoms with Crippen molar-refractivity contribution in [3.63, 3.8) is 0 Å². The summed E-state index contributed by atoms with van der Waals surface area (Å²) in [5.41, 5.74) is 1.79. The molecule has 0 aliphatic carbocycles. The Morgan fingerprint density at radius 1 is 1.56 bits per heavy atom. The van der Waals surface area contributed by atoms with Gasteiger partial charge in [-0.2, -0.15) is 0 Å². The molecular weight excluding hydrogens is 250 g/mol. The maximum atomic E-state index is 10.5. The van der Waals surface area contributed by atoms with Crippen molar-refractivity contribution >= 4 is 11.6 Å². The topological polar surface area (TPSA) is 54.4 Å². The van der Waals surface area contributed by atoms with E-state index in [0.717, 1.165) is 17.7 Å². The highest BCUT2D eigenvalue weighted by molar-refractivity contribution is 6.29. The number of pyridine rings is 1. The molecule has 2 atom stereocenters. The molecule has 0 aliphatic rings. The minimum Gasteiger partial charge on any atom is -0.384 e. The third-order valence-corrected chi connectivity index (χ3v) is 3.16. The molecule has 0 fully saturated rings. The number of hydrogen-bond acceptors (Lipinski definition) is 4. The van der Waals surface area contributed by atoms with Crippen LogP contribution in [0.3, 0.4) is 0 Å². The van der Waals surface area contributed by atoms with Crippen molar-refractivity contribution in [3.8, 4) is 0 Å². The smallest absolute Gasteiger partial charge is 0.129 e. The molecule has 1 N–H and O–H groups in total. The molecule has 0 saturated carbocycles. The van der Waals surface area contributed by atoms with Crippen LogP contribution in [-0.2, 0) is 0 Å². The third kappa shape index (κ3) is 4.11. The molecule has 2 unspecified atom stereocenters. The number of aromatic nitrogens is 1. The lowest BCUT2D eigenvalue weighted by atomic mass is 9.99. The quantitative estimate of drug-likeness (QED) is 0.629. The Hall–Kier alpha value is -1.42. The minimum absolute atomic E-state index is 0.0291. The number of halogens is 1. The highest BCUT2D eigenvalue weighted by Gasteiger charge is 2.13. The highest BCUT2D eigenvalue weighted by Crippen LogP contribution is 2.23. The van der Waals surface area contributed by atoms with Gasteiger partial charge < -0.3 is 5.32 Å². The summed E-state index contributed by atoms with van der Waals surface area (Å²) in [5.74, 6) is 0.0291. The summed E-state index contributed by atoms with van der Waals surface area (Å²) in [6, 6.07) is 3.93. The zero-order valence-corrected chi connectivity index (χ0v) is 11.6. The van der Waals surface area contributed by atoms with E-state index < -0.39 is 0 Å². The van der Waals surface area contributed by atoms with Crippen LogP contribution in [0.2, 0.25) is 5.15 Å². The molecule has 0 aromatic carbocycles. The first kappa shape index (κ1) is 14.6. The second-order valence-corrected chi connectivity index (χ2v) is 4.67. The average Bonchev–Trinajstić information content (AvgIpc) is 2.38. The van der Waals surface area contributed by atoms with Crippen LogP contribution in [-0.4, -0.2) is 11.0 Å². The number of nitrogens with one attached hydrogen (secondary N) is 1. The minimum atomic E-state index is 0.0291. The van der Waals surface area contributed by atoms with Crippen molar-refractivity contribution in [1.29, 1.82) is 0 Å². The molecule has 1 heterocycles. The molecule has 0 bridgehead atoms. The van der Waals surface area contributed by atoms with Gasteiger partial charge in [0, 0.05) is 23.9 Å². The van der Waals surface area contributed by atoms with E-state index in [9.17, 15) is 4.91 Å². The third-order valence-electron chi connectivity index (χ3n) is 2.93. The molecule has 1 aromatic heterocycles. The lowest BCUT2D eigenvalue weighted by Gasteiger charge is -2.21. The Bertz CT molecular complexity index is 417. The van der Waals surface area contributed by atoms with Gasteiger partial charge in [0.05, 0.1) is 6.20 Å². The number of allylic oxidation sites excluding steroid dienone is 1. The number of nitrogens with zero attached hydrogens (tertiary/aromatic N) is 2. The lowest BCUT2D eigenvalue weighted by Crippen LogP contribution is -2.27. The monoisotopic (exact) mass is 267 g/mol. The molecule has 5 heteroatoms. The van der Waals surface area contributed by atoms with E-state index in [1.54, 1.807) is 12.3 Å². The standard InChI is InChI=1S/C13H18ClN3O/c1-4-9(2)17-12(8-16-18)10(3)11-5-6-13(14)15-7-11/h5-10,17H,4H2,1-3H3/b12-8-. The van der Waals surface area contributed by atoms with E-state index in [1.165, 1.54) is 6.20 Å². The second kappa shape index (κ2) is 7.11. The number of nitroso groups, excluding NO2 is 1. The molecule has 18 heavy (non-hydrogen) atoms. The first-order chi connectivity index (χ1) is 8.58. The van der Waals surface area contributed by atoms with Gasteiger partial charge in [-0.3, -0.25) is 0 Å².